The highest BCUT2D eigenvalue weighted by Gasteiger charge is 2.39. The molecule has 5 nitrogen and oxygen atoms in total. The van der Waals surface area contributed by atoms with Crippen molar-refractivity contribution >= 4 is 27.4 Å². The summed E-state index contributed by atoms with van der Waals surface area (Å²) in [5.74, 6) is -1.94. The normalized spacial score (nSPS) is 20.8. The van der Waals surface area contributed by atoms with Crippen molar-refractivity contribution in [3.63, 3.8) is 0 Å². The third-order valence-electron chi connectivity index (χ3n) is 6.34. The summed E-state index contributed by atoms with van der Waals surface area (Å²) < 4.78 is 26.8. The van der Waals surface area contributed by atoms with Gasteiger partial charge in [-0.25, -0.2) is 13.8 Å². The Balaban J connectivity index is 1.44. The molecule has 1 aromatic carbocycles. The highest BCUT2D eigenvalue weighted by atomic mass is 32.1. The number of halogens is 2. The molecule has 1 unspecified atom stereocenters. The quantitative estimate of drug-likeness (QED) is 0.519. The molecule has 5 rings (SSSR count). The molecule has 1 aliphatic heterocycles. The fourth-order valence-electron chi connectivity index (χ4n) is 4.40. The second kappa shape index (κ2) is 7.70. The van der Waals surface area contributed by atoms with Crippen LogP contribution in [0.1, 0.15) is 62.6 Å². The minimum absolute atomic E-state index is 0.0224. The van der Waals surface area contributed by atoms with Crippen molar-refractivity contribution in [3.05, 3.63) is 34.9 Å². The zero-order chi connectivity index (χ0) is 22.7. The van der Waals surface area contributed by atoms with Gasteiger partial charge in [0.25, 0.3) is 5.92 Å². The van der Waals surface area contributed by atoms with Gasteiger partial charge < -0.3 is 10.6 Å². The molecule has 0 bridgehead atoms. The van der Waals surface area contributed by atoms with E-state index in [1.165, 1.54) is 46.3 Å². The number of hydrogen-bond donors (Lipinski definition) is 2. The Labute approximate surface area is 191 Å². The number of rotatable bonds is 5. The van der Waals surface area contributed by atoms with Gasteiger partial charge in [0, 0.05) is 24.4 Å². The third-order valence-corrected chi connectivity index (χ3v) is 7.24. The molecule has 1 atom stereocenters. The number of alkyl halides is 2. The molecule has 2 fully saturated rings. The molecule has 1 saturated heterocycles. The number of nitrogens with one attached hydrogen (secondary N) is 2. The average Bonchev–Trinajstić information content (AvgIpc) is 3.35. The number of aromatic nitrogens is 3. The van der Waals surface area contributed by atoms with E-state index in [1.807, 2.05) is 0 Å². The van der Waals surface area contributed by atoms with Crippen molar-refractivity contribution in [2.24, 2.45) is 0 Å². The summed E-state index contributed by atoms with van der Waals surface area (Å²) in [6, 6.07) is 6.46. The van der Waals surface area contributed by atoms with Gasteiger partial charge in [-0.05, 0) is 59.9 Å². The zero-order valence-corrected chi connectivity index (χ0v) is 19.7. The number of anilines is 1. The summed E-state index contributed by atoms with van der Waals surface area (Å²) >= 11 is 1.41. The Bertz CT molecular complexity index is 1160. The van der Waals surface area contributed by atoms with Crippen molar-refractivity contribution in [1.82, 2.24) is 20.5 Å². The molecule has 170 valence electrons. The summed E-state index contributed by atoms with van der Waals surface area (Å²) in [4.78, 5) is 5.03. The van der Waals surface area contributed by atoms with Crippen LogP contribution in [0.3, 0.4) is 0 Å². The van der Waals surface area contributed by atoms with Gasteiger partial charge in [-0.3, -0.25) is 0 Å². The highest BCUT2D eigenvalue weighted by molar-refractivity contribution is 7.18. The number of fused-ring (bicyclic) bond motifs is 1. The summed E-state index contributed by atoms with van der Waals surface area (Å²) in [7, 11) is 0. The molecule has 2 aromatic heterocycles. The second-order valence-electron chi connectivity index (χ2n) is 10.2. The van der Waals surface area contributed by atoms with Gasteiger partial charge in [0.05, 0.1) is 12.1 Å². The van der Waals surface area contributed by atoms with Crippen LogP contribution in [0.5, 0.6) is 0 Å². The third kappa shape index (κ3) is 4.35. The zero-order valence-electron chi connectivity index (χ0n) is 18.9. The standard InChI is InChI=1S/C24H29F2N5S/c1-13-7-19(21-30-31-22(32-21)27-11-16-10-24(25,26)12-28-16)29-20-17(13)8-15(14-5-6-14)9-18(20)23(2,3)4/h7-9,14,16,28H,5-6,10-12H2,1-4H3,(H,27,31). The van der Waals surface area contributed by atoms with Gasteiger partial charge in [0.15, 0.2) is 5.01 Å². The Hall–Kier alpha value is -2.19. The largest absolute Gasteiger partial charge is 0.359 e. The molecule has 8 heteroatoms. The minimum Gasteiger partial charge on any atom is -0.359 e. The number of aryl methyl sites for hydroxylation is 1. The molecule has 2 aliphatic rings. The van der Waals surface area contributed by atoms with Crippen molar-refractivity contribution in [2.45, 2.75) is 70.3 Å². The topological polar surface area (TPSA) is 62.7 Å². The maximum absolute atomic E-state index is 13.4. The molecule has 3 aromatic rings. The minimum atomic E-state index is -2.63. The van der Waals surface area contributed by atoms with Gasteiger partial charge in [0.1, 0.15) is 5.69 Å². The maximum atomic E-state index is 13.4. The van der Waals surface area contributed by atoms with Crippen LogP contribution in [0.2, 0.25) is 0 Å². The van der Waals surface area contributed by atoms with Crippen LogP contribution >= 0.6 is 11.3 Å². The highest BCUT2D eigenvalue weighted by Crippen LogP contribution is 2.44. The Kier molecular flexibility index (Phi) is 5.21. The first kappa shape index (κ1) is 21.6. The van der Waals surface area contributed by atoms with Crippen LogP contribution in [0.4, 0.5) is 13.9 Å². The molecule has 1 saturated carbocycles. The van der Waals surface area contributed by atoms with E-state index in [1.54, 1.807) is 0 Å². The molecule has 0 spiro atoms. The Morgan fingerprint density at radius 1 is 1.19 bits per heavy atom. The van der Waals surface area contributed by atoms with Crippen molar-refractivity contribution < 1.29 is 8.78 Å². The van der Waals surface area contributed by atoms with Gasteiger partial charge in [-0.2, -0.15) is 0 Å². The van der Waals surface area contributed by atoms with Crippen molar-refractivity contribution in [2.75, 3.05) is 18.4 Å². The van der Waals surface area contributed by atoms with Crippen LogP contribution in [0.15, 0.2) is 18.2 Å². The summed E-state index contributed by atoms with van der Waals surface area (Å²) in [5.41, 5.74) is 5.67. The first-order chi connectivity index (χ1) is 15.1. The predicted octanol–water partition coefficient (Wildman–Crippen LogP) is 5.65. The van der Waals surface area contributed by atoms with E-state index in [9.17, 15) is 8.78 Å². The number of pyridine rings is 1. The van der Waals surface area contributed by atoms with E-state index >= 15 is 0 Å². The lowest BCUT2D eigenvalue weighted by Gasteiger charge is -2.23. The predicted molar refractivity (Wildman–Crippen MR) is 126 cm³/mol. The van der Waals surface area contributed by atoms with Crippen molar-refractivity contribution in [3.8, 4) is 10.7 Å². The molecule has 2 N–H and O–H groups in total. The second-order valence-corrected chi connectivity index (χ2v) is 11.2. The van der Waals surface area contributed by atoms with E-state index in [4.69, 9.17) is 4.98 Å². The fraction of sp³-hybridized carbons (Fsp3) is 0.542. The molecule has 0 radical (unpaired) electrons. The fourth-order valence-corrected chi connectivity index (χ4v) is 5.11. The smallest absolute Gasteiger partial charge is 0.261 e. The summed E-state index contributed by atoms with van der Waals surface area (Å²) in [5, 5.41) is 17.1. The van der Waals surface area contributed by atoms with Gasteiger partial charge in [-0.1, -0.05) is 38.2 Å². The molecular formula is C24H29F2N5S. The summed E-state index contributed by atoms with van der Waals surface area (Å²) in [6.07, 6.45) is 2.39. The monoisotopic (exact) mass is 457 g/mol. The number of nitrogens with zero attached hydrogens (tertiary/aromatic N) is 3. The van der Waals surface area contributed by atoms with Crippen LogP contribution in [0, 0.1) is 6.92 Å². The first-order valence-electron chi connectivity index (χ1n) is 11.2. The van der Waals surface area contributed by atoms with Gasteiger partial charge in [-0.15, -0.1) is 10.2 Å². The van der Waals surface area contributed by atoms with Crippen LogP contribution in [0.25, 0.3) is 21.6 Å². The van der Waals surface area contributed by atoms with E-state index in [0.29, 0.717) is 17.6 Å². The molecular weight excluding hydrogens is 428 g/mol. The molecule has 1 aliphatic carbocycles. The van der Waals surface area contributed by atoms with Crippen LogP contribution in [-0.4, -0.2) is 40.2 Å². The van der Waals surface area contributed by atoms with Crippen LogP contribution < -0.4 is 10.6 Å². The average molecular weight is 458 g/mol. The van der Waals surface area contributed by atoms with Crippen LogP contribution in [-0.2, 0) is 5.41 Å². The summed E-state index contributed by atoms with van der Waals surface area (Å²) in [6.45, 7) is 8.95. The number of hydrogen-bond acceptors (Lipinski definition) is 6. The van der Waals surface area contributed by atoms with E-state index in [2.05, 4.69) is 66.7 Å². The molecule has 32 heavy (non-hydrogen) atoms. The van der Waals surface area contributed by atoms with Gasteiger partial charge in [0.2, 0.25) is 5.13 Å². The first-order valence-corrected chi connectivity index (χ1v) is 12.1. The van der Waals surface area contributed by atoms with Crippen molar-refractivity contribution in [1.29, 1.82) is 0 Å². The number of benzene rings is 1. The molecule has 0 amide bonds. The lowest BCUT2D eigenvalue weighted by Crippen LogP contribution is -2.29. The molecule has 3 heterocycles. The lowest BCUT2D eigenvalue weighted by molar-refractivity contribution is 0.0214. The van der Waals surface area contributed by atoms with E-state index in [0.717, 1.165) is 16.2 Å². The van der Waals surface area contributed by atoms with Gasteiger partial charge >= 0.3 is 0 Å². The Morgan fingerprint density at radius 2 is 1.97 bits per heavy atom. The van der Waals surface area contributed by atoms with E-state index in [-0.39, 0.29) is 24.4 Å². The Morgan fingerprint density at radius 3 is 2.62 bits per heavy atom. The van der Waals surface area contributed by atoms with E-state index < -0.39 is 5.92 Å². The lowest BCUT2D eigenvalue weighted by atomic mass is 9.83. The maximum Gasteiger partial charge on any atom is 0.261 e. The SMILES string of the molecule is Cc1cc(-c2nnc(NCC3CC(F)(F)CN3)s2)nc2c(C(C)(C)C)cc(C3CC3)cc12.